The van der Waals surface area contributed by atoms with Crippen LogP contribution < -0.4 is 5.46 Å². The highest BCUT2D eigenvalue weighted by Crippen LogP contribution is 2.19. The highest BCUT2D eigenvalue weighted by atomic mass is 35.5. The molecule has 0 atom stereocenters. The summed E-state index contributed by atoms with van der Waals surface area (Å²) in [6, 6.07) is 2.72. The Bertz CT molecular complexity index is 317. The van der Waals surface area contributed by atoms with Gasteiger partial charge in [-0.1, -0.05) is 29.3 Å². The molecule has 0 spiro atoms. The standard InChI is InChI=1S/C7H7BCl2O3/c9-6-2-7(10)5(8(12)13)1-4(6)3-11/h1-2,11-13H,3H2. The van der Waals surface area contributed by atoms with Crippen LogP contribution in [0.1, 0.15) is 5.56 Å². The van der Waals surface area contributed by atoms with Crippen LogP contribution >= 0.6 is 23.2 Å². The average molecular weight is 221 g/mol. The summed E-state index contributed by atoms with van der Waals surface area (Å²) in [6.07, 6.45) is 0. The van der Waals surface area contributed by atoms with Crippen LogP contribution in [0, 0.1) is 0 Å². The molecule has 0 amide bonds. The molecule has 0 unspecified atom stereocenters. The molecule has 0 aromatic heterocycles. The number of aliphatic hydroxyl groups excluding tert-OH is 1. The van der Waals surface area contributed by atoms with Gasteiger partial charge in [0.25, 0.3) is 0 Å². The largest absolute Gasteiger partial charge is 0.489 e. The maximum Gasteiger partial charge on any atom is 0.489 e. The summed E-state index contributed by atoms with van der Waals surface area (Å²) in [7, 11) is -1.66. The average Bonchev–Trinajstić information content (AvgIpc) is 2.03. The zero-order valence-corrected chi connectivity index (χ0v) is 8.05. The van der Waals surface area contributed by atoms with Gasteiger partial charge in [-0.2, -0.15) is 0 Å². The Balaban J connectivity index is 3.22. The molecule has 0 saturated heterocycles. The van der Waals surface area contributed by atoms with E-state index in [2.05, 4.69) is 0 Å². The van der Waals surface area contributed by atoms with Gasteiger partial charge in [-0.25, -0.2) is 0 Å². The van der Waals surface area contributed by atoms with Crippen LogP contribution in [0.4, 0.5) is 0 Å². The van der Waals surface area contributed by atoms with Gasteiger partial charge in [0.1, 0.15) is 0 Å². The molecule has 0 aliphatic heterocycles. The lowest BCUT2D eigenvalue weighted by Crippen LogP contribution is -2.31. The van der Waals surface area contributed by atoms with E-state index in [-0.39, 0.29) is 17.1 Å². The molecule has 1 aromatic rings. The molecule has 6 heteroatoms. The van der Waals surface area contributed by atoms with E-state index >= 15 is 0 Å². The van der Waals surface area contributed by atoms with E-state index in [0.717, 1.165) is 0 Å². The predicted molar refractivity (Wildman–Crippen MR) is 52.2 cm³/mol. The lowest BCUT2D eigenvalue weighted by Gasteiger charge is -2.06. The molecule has 0 heterocycles. The maximum absolute atomic E-state index is 8.86. The highest BCUT2D eigenvalue weighted by Gasteiger charge is 2.17. The van der Waals surface area contributed by atoms with Crippen molar-refractivity contribution in [3.8, 4) is 0 Å². The van der Waals surface area contributed by atoms with Gasteiger partial charge < -0.3 is 15.2 Å². The summed E-state index contributed by atoms with van der Waals surface area (Å²) in [5, 5.41) is 27.0. The van der Waals surface area contributed by atoms with Crippen LogP contribution in [0.3, 0.4) is 0 Å². The SMILES string of the molecule is OCc1cc(B(O)O)c(Cl)cc1Cl. The molecule has 70 valence electrons. The third-order valence-electron chi connectivity index (χ3n) is 1.61. The molecule has 0 aliphatic carbocycles. The molecule has 3 nitrogen and oxygen atoms in total. The number of benzene rings is 1. The minimum absolute atomic E-state index is 0.134. The topological polar surface area (TPSA) is 60.7 Å². The van der Waals surface area contributed by atoms with Crippen molar-refractivity contribution in [2.24, 2.45) is 0 Å². The number of hydrogen-bond acceptors (Lipinski definition) is 3. The highest BCUT2D eigenvalue weighted by molar-refractivity contribution is 6.63. The van der Waals surface area contributed by atoms with Gasteiger partial charge in [-0.3, -0.25) is 0 Å². The molecule has 1 rings (SSSR count). The number of hydrogen-bond donors (Lipinski definition) is 3. The Morgan fingerprint density at radius 3 is 2.23 bits per heavy atom. The van der Waals surface area contributed by atoms with Crippen LogP contribution in [0.15, 0.2) is 12.1 Å². The summed E-state index contributed by atoms with van der Waals surface area (Å²) < 4.78 is 0. The first-order chi connectivity index (χ1) is 6.06. The van der Waals surface area contributed by atoms with Crippen LogP contribution in [0.2, 0.25) is 10.0 Å². The first kappa shape index (κ1) is 10.8. The van der Waals surface area contributed by atoms with E-state index in [1.807, 2.05) is 0 Å². The lowest BCUT2D eigenvalue weighted by molar-refractivity contribution is 0.282. The van der Waals surface area contributed by atoms with Gasteiger partial charge >= 0.3 is 7.12 Å². The van der Waals surface area contributed by atoms with E-state index in [1.165, 1.54) is 12.1 Å². The van der Waals surface area contributed by atoms with Crippen molar-refractivity contribution in [1.29, 1.82) is 0 Å². The second-order valence-corrected chi connectivity index (χ2v) is 3.31. The van der Waals surface area contributed by atoms with E-state index in [1.54, 1.807) is 0 Å². The van der Waals surface area contributed by atoms with Crippen molar-refractivity contribution < 1.29 is 15.2 Å². The van der Waals surface area contributed by atoms with Crippen LogP contribution in [0.5, 0.6) is 0 Å². The van der Waals surface area contributed by atoms with Gasteiger partial charge in [-0.15, -0.1) is 0 Å². The number of aliphatic hydroxyl groups is 1. The third-order valence-corrected chi connectivity index (χ3v) is 2.29. The van der Waals surface area contributed by atoms with Crippen molar-refractivity contribution in [2.45, 2.75) is 6.61 Å². The Kier molecular flexibility index (Phi) is 3.59. The minimum atomic E-state index is -1.66. The summed E-state index contributed by atoms with van der Waals surface area (Å²) in [5.41, 5.74) is 0.546. The fourth-order valence-electron chi connectivity index (χ4n) is 0.932. The fourth-order valence-corrected chi connectivity index (χ4v) is 1.47. The van der Waals surface area contributed by atoms with E-state index < -0.39 is 7.12 Å². The van der Waals surface area contributed by atoms with Crippen molar-refractivity contribution in [3.63, 3.8) is 0 Å². The zero-order chi connectivity index (χ0) is 10.0. The van der Waals surface area contributed by atoms with Crippen LogP contribution in [-0.4, -0.2) is 22.3 Å². The monoisotopic (exact) mass is 220 g/mol. The fraction of sp³-hybridized carbons (Fsp3) is 0.143. The Morgan fingerprint density at radius 2 is 1.77 bits per heavy atom. The van der Waals surface area contributed by atoms with E-state index in [9.17, 15) is 0 Å². The van der Waals surface area contributed by atoms with Gasteiger partial charge in [0.15, 0.2) is 0 Å². The lowest BCUT2D eigenvalue weighted by atomic mass is 9.79. The smallest absolute Gasteiger partial charge is 0.423 e. The number of halogens is 2. The van der Waals surface area contributed by atoms with Gasteiger partial charge in [0.2, 0.25) is 0 Å². The van der Waals surface area contributed by atoms with Gasteiger partial charge in [-0.05, 0) is 11.6 Å². The van der Waals surface area contributed by atoms with E-state index in [0.29, 0.717) is 10.6 Å². The molecule has 0 aliphatic rings. The molecular formula is C7H7BCl2O3. The van der Waals surface area contributed by atoms with Crippen molar-refractivity contribution in [3.05, 3.63) is 27.7 Å². The molecule has 1 aromatic carbocycles. The zero-order valence-electron chi connectivity index (χ0n) is 6.54. The first-order valence-corrected chi connectivity index (χ1v) is 4.26. The molecule has 0 bridgehead atoms. The molecule has 3 N–H and O–H groups in total. The maximum atomic E-state index is 8.86. The van der Waals surface area contributed by atoms with Crippen molar-refractivity contribution in [2.75, 3.05) is 0 Å². The van der Waals surface area contributed by atoms with Crippen molar-refractivity contribution in [1.82, 2.24) is 0 Å². The Labute approximate surface area is 85.7 Å². The Hall–Kier alpha value is -0.255. The first-order valence-electron chi connectivity index (χ1n) is 3.51. The molecule has 13 heavy (non-hydrogen) atoms. The molecular weight excluding hydrogens is 214 g/mol. The quantitative estimate of drug-likeness (QED) is 0.623. The van der Waals surface area contributed by atoms with Crippen molar-refractivity contribution >= 4 is 35.8 Å². The molecule has 0 radical (unpaired) electrons. The summed E-state index contributed by atoms with van der Waals surface area (Å²) in [5.74, 6) is 0. The predicted octanol–water partition coefficient (Wildman–Crippen LogP) is 0.166. The Morgan fingerprint density at radius 1 is 1.15 bits per heavy atom. The molecule has 0 saturated carbocycles. The van der Waals surface area contributed by atoms with Crippen LogP contribution in [-0.2, 0) is 6.61 Å². The van der Waals surface area contributed by atoms with Gasteiger partial charge in [0, 0.05) is 15.5 Å². The minimum Gasteiger partial charge on any atom is -0.423 e. The summed E-state index contributed by atoms with van der Waals surface area (Å²) in [6.45, 7) is -0.268. The normalized spacial score (nSPS) is 10.2. The second kappa shape index (κ2) is 4.31. The second-order valence-electron chi connectivity index (χ2n) is 2.50. The summed E-state index contributed by atoms with van der Waals surface area (Å²) in [4.78, 5) is 0. The van der Waals surface area contributed by atoms with Gasteiger partial charge in [0.05, 0.1) is 6.61 Å². The molecule has 0 fully saturated rings. The third kappa shape index (κ3) is 2.36. The van der Waals surface area contributed by atoms with Crippen LogP contribution in [0.25, 0.3) is 0 Å². The number of rotatable bonds is 2. The van der Waals surface area contributed by atoms with E-state index in [4.69, 9.17) is 38.4 Å². The summed E-state index contributed by atoms with van der Waals surface area (Å²) >= 11 is 11.4.